The van der Waals surface area contributed by atoms with Gasteiger partial charge >= 0.3 is 0 Å². The number of halogens is 1. The van der Waals surface area contributed by atoms with Crippen molar-refractivity contribution in [3.63, 3.8) is 0 Å². The van der Waals surface area contributed by atoms with Crippen molar-refractivity contribution in [2.45, 2.75) is 11.6 Å². The molecule has 2 heterocycles. The van der Waals surface area contributed by atoms with Crippen molar-refractivity contribution >= 4 is 26.0 Å². The summed E-state index contributed by atoms with van der Waals surface area (Å²) >= 11 is 3.06. The Kier molecular flexibility index (Phi) is 4.14. The number of nitrogens with zero attached hydrogens (tertiary/aromatic N) is 1. The van der Waals surface area contributed by atoms with E-state index in [1.165, 1.54) is 12.1 Å². The molecule has 0 aliphatic carbocycles. The maximum absolute atomic E-state index is 12.0. The Bertz CT molecular complexity index is 871. The highest BCUT2D eigenvalue weighted by Gasteiger charge is 2.19. The molecule has 6 nitrogen and oxygen atoms in total. The van der Waals surface area contributed by atoms with Crippen LogP contribution in [0, 0.1) is 0 Å². The Morgan fingerprint density at radius 3 is 2.59 bits per heavy atom. The van der Waals surface area contributed by atoms with Crippen molar-refractivity contribution in [3.05, 3.63) is 58.9 Å². The monoisotopic (exact) mass is 382 g/mol. The molecule has 0 spiro atoms. The number of furan rings is 1. The summed E-state index contributed by atoms with van der Waals surface area (Å²) in [6, 6.07) is 14.0. The van der Waals surface area contributed by atoms with Crippen LogP contribution in [-0.2, 0) is 16.6 Å². The lowest BCUT2D eigenvalue weighted by molar-refractivity contribution is 0.418. The van der Waals surface area contributed by atoms with Gasteiger partial charge in [-0.15, -0.1) is 0 Å². The molecule has 22 heavy (non-hydrogen) atoms. The number of benzene rings is 1. The summed E-state index contributed by atoms with van der Waals surface area (Å²) in [5.41, 5.74) is 1.35. The van der Waals surface area contributed by atoms with E-state index < -0.39 is 10.0 Å². The SMILES string of the molecule is O=S(=O)(NCc1cc(-c2ccccc2)on1)c1ccc(Br)o1. The van der Waals surface area contributed by atoms with E-state index in [0.29, 0.717) is 16.1 Å². The van der Waals surface area contributed by atoms with Crippen molar-refractivity contribution in [3.8, 4) is 11.3 Å². The molecule has 2 aromatic heterocycles. The molecule has 0 saturated heterocycles. The van der Waals surface area contributed by atoms with Crippen LogP contribution in [-0.4, -0.2) is 13.6 Å². The van der Waals surface area contributed by atoms with Gasteiger partial charge in [0.05, 0.1) is 12.2 Å². The number of nitrogens with one attached hydrogen (secondary N) is 1. The molecule has 0 bridgehead atoms. The van der Waals surface area contributed by atoms with Gasteiger partial charge in [-0.2, -0.15) is 0 Å². The predicted molar refractivity (Wildman–Crippen MR) is 82.4 cm³/mol. The Hall–Kier alpha value is -1.90. The van der Waals surface area contributed by atoms with E-state index in [1.54, 1.807) is 6.07 Å². The molecule has 0 unspecified atom stereocenters. The average Bonchev–Trinajstić information content (AvgIpc) is 3.15. The molecule has 0 fully saturated rings. The van der Waals surface area contributed by atoms with Crippen molar-refractivity contribution < 1.29 is 17.4 Å². The minimum Gasteiger partial charge on any atom is -0.437 e. The second-order valence-corrected chi connectivity index (χ2v) is 6.91. The normalized spacial score (nSPS) is 11.7. The van der Waals surface area contributed by atoms with E-state index in [1.807, 2.05) is 30.3 Å². The fourth-order valence-electron chi connectivity index (χ4n) is 1.82. The maximum atomic E-state index is 12.0. The smallest absolute Gasteiger partial charge is 0.274 e. The van der Waals surface area contributed by atoms with E-state index in [2.05, 4.69) is 25.8 Å². The fourth-order valence-corrected chi connectivity index (χ4v) is 3.16. The second-order valence-electron chi connectivity index (χ2n) is 4.43. The molecule has 0 atom stereocenters. The fraction of sp³-hybridized carbons (Fsp3) is 0.0714. The summed E-state index contributed by atoms with van der Waals surface area (Å²) in [6.45, 7) is 0.0109. The van der Waals surface area contributed by atoms with E-state index in [-0.39, 0.29) is 11.6 Å². The van der Waals surface area contributed by atoms with Crippen LogP contribution in [0.2, 0.25) is 0 Å². The lowest BCUT2D eigenvalue weighted by Crippen LogP contribution is -2.22. The first-order valence-corrected chi connectivity index (χ1v) is 8.58. The molecule has 3 aromatic rings. The third-order valence-corrected chi connectivity index (χ3v) is 4.57. The number of sulfonamides is 1. The molecule has 1 N–H and O–H groups in total. The minimum atomic E-state index is -3.72. The summed E-state index contributed by atoms with van der Waals surface area (Å²) in [5, 5.41) is 3.69. The van der Waals surface area contributed by atoms with Gasteiger partial charge in [0.2, 0.25) is 5.09 Å². The van der Waals surface area contributed by atoms with Gasteiger partial charge in [0.15, 0.2) is 10.4 Å². The standard InChI is InChI=1S/C14H11BrN2O4S/c15-13-6-7-14(20-13)22(18,19)16-9-11-8-12(21-17-11)10-4-2-1-3-5-10/h1-8,16H,9H2. The molecule has 114 valence electrons. The summed E-state index contributed by atoms with van der Waals surface area (Å²) in [6.07, 6.45) is 0. The van der Waals surface area contributed by atoms with Gasteiger partial charge in [-0.3, -0.25) is 0 Å². The van der Waals surface area contributed by atoms with Gasteiger partial charge in [-0.05, 0) is 28.1 Å². The largest absolute Gasteiger partial charge is 0.437 e. The van der Waals surface area contributed by atoms with Gasteiger partial charge in [0, 0.05) is 11.6 Å². The number of aromatic nitrogens is 1. The molecular formula is C14H11BrN2O4S. The molecule has 0 aliphatic heterocycles. The van der Waals surface area contributed by atoms with Gasteiger partial charge in [-0.25, -0.2) is 13.1 Å². The van der Waals surface area contributed by atoms with Gasteiger partial charge in [0.1, 0.15) is 0 Å². The molecule has 1 aromatic carbocycles. The number of rotatable bonds is 5. The summed E-state index contributed by atoms with van der Waals surface area (Å²) in [7, 11) is -3.72. The first kappa shape index (κ1) is 15.0. The molecule has 0 amide bonds. The molecule has 0 aliphatic rings. The summed E-state index contributed by atoms with van der Waals surface area (Å²) in [5.74, 6) is 0.579. The molecule has 0 radical (unpaired) electrons. The van der Waals surface area contributed by atoms with Crippen molar-refractivity contribution in [2.75, 3.05) is 0 Å². The zero-order valence-corrected chi connectivity index (χ0v) is 13.6. The lowest BCUT2D eigenvalue weighted by Gasteiger charge is -2.00. The van der Waals surface area contributed by atoms with E-state index in [9.17, 15) is 8.42 Å². The molecule has 8 heteroatoms. The average molecular weight is 383 g/mol. The van der Waals surface area contributed by atoms with Gasteiger partial charge < -0.3 is 8.94 Å². The Morgan fingerprint density at radius 2 is 1.91 bits per heavy atom. The summed E-state index contributed by atoms with van der Waals surface area (Å²) in [4.78, 5) is 0. The van der Waals surface area contributed by atoms with Crippen molar-refractivity contribution in [2.24, 2.45) is 0 Å². The van der Waals surface area contributed by atoms with Crippen molar-refractivity contribution in [1.29, 1.82) is 0 Å². The first-order chi connectivity index (χ1) is 10.5. The predicted octanol–water partition coefficient (Wildman–Crippen LogP) is 3.18. The van der Waals surface area contributed by atoms with Gasteiger partial charge in [-0.1, -0.05) is 35.5 Å². The van der Waals surface area contributed by atoms with E-state index in [0.717, 1.165) is 5.56 Å². The lowest BCUT2D eigenvalue weighted by atomic mass is 10.2. The molecule has 3 rings (SSSR count). The second kappa shape index (κ2) is 6.07. The molecular weight excluding hydrogens is 372 g/mol. The number of hydrogen-bond donors (Lipinski definition) is 1. The zero-order valence-electron chi connectivity index (χ0n) is 11.2. The maximum Gasteiger partial charge on any atom is 0.274 e. The van der Waals surface area contributed by atoms with Crippen molar-refractivity contribution in [1.82, 2.24) is 9.88 Å². The Labute approximate surface area is 135 Å². The quantitative estimate of drug-likeness (QED) is 0.732. The summed E-state index contributed by atoms with van der Waals surface area (Å²) < 4.78 is 37.0. The van der Waals surface area contributed by atoms with Crippen LogP contribution in [0.4, 0.5) is 0 Å². The van der Waals surface area contributed by atoms with E-state index >= 15 is 0 Å². The Morgan fingerprint density at radius 1 is 1.14 bits per heavy atom. The topological polar surface area (TPSA) is 85.3 Å². The van der Waals surface area contributed by atoms with Crippen LogP contribution in [0.25, 0.3) is 11.3 Å². The van der Waals surface area contributed by atoms with E-state index in [4.69, 9.17) is 8.94 Å². The highest BCUT2D eigenvalue weighted by Crippen LogP contribution is 2.21. The van der Waals surface area contributed by atoms with Crippen LogP contribution in [0.3, 0.4) is 0 Å². The minimum absolute atomic E-state index is 0.0109. The number of hydrogen-bond acceptors (Lipinski definition) is 5. The third kappa shape index (κ3) is 3.29. The van der Waals surface area contributed by atoms with Gasteiger partial charge in [0.25, 0.3) is 10.0 Å². The van der Waals surface area contributed by atoms with Crippen LogP contribution < -0.4 is 4.72 Å². The third-order valence-electron chi connectivity index (χ3n) is 2.87. The zero-order chi connectivity index (χ0) is 15.6. The molecule has 0 saturated carbocycles. The highest BCUT2D eigenvalue weighted by molar-refractivity contribution is 9.10. The van der Waals surface area contributed by atoms with Crippen LogP contribution >= 0.6 is 15.9 Å². The highest BCUT2D eigenvalue weighted by atomic mass is 79.9. The van der Waals surface area contributed by atoms with Crippen LogP contribution in [0.5, 0.6) is 0 Å². The van der Waals surface area contributed by atoms with Crippen LogP contribution in [0.15, 0.2) is 67.2 Å². The first-order valence-electron chi connectivity index (χ1n) is 6.30. The van der Waals surface area contributed by atoms with Crippen LogP contribution in [0.1, 0.15) is 5.69 Å². The Balaban J connectivity index is 1.71.